The molecule has 0 radical (unpaired) electrons. The minimum Gasteiger partial charge on any atom is -0.492 e. The summed E-state index contributed by atoms with van der Waals surface area (Å²) in [6.07, 6.45) is 4.10. The van der Waals surface area contributed by atoms with Gasteiger partial charge in [-0.05, 0) is 31.4 Å². The second-order valence-electron chi connectivity index (χ2n) is 4.35. The van der Waals surface area contributed by atoms with E-state index in [1.807, 2.05) is 30.3 Å². The van der Waals surface area contributed by atoms with Crippen molar-refractivity contribution in [2.45, 2.75) is 25.4 Å². The van der Waals surface area contributed by atoms with Gasteiger partial charge in [-0.25, -0.2) is 0 Å². The maximum absolute atomic E-state index is 5.64. The minimum atomic E-state index is 0.403. The highest BCUT2D eigenvalue weighted by molar-refractivity contribution is 5.20. The molecule has 17 heavy (non-hydrogen) atoms. The lowest BCUT2D eigenvalue weighted by Crippen LogP contribution is -2.33. The molecule has 1 N–H and O–H groups in total. The van der Waals surface area contributed by atoms with Crippen molar-refractivity contribution in [2.24, 2.45) is 0 Å². The first-order valence-electron chi connectivity index (χ1n) is 6.45. The normalized spacial score (nSPS) is 20.1. The fourth-order valence-corrected chi connectivity index (χ4v) is 1.99. The van der Waals surface area contributed by atoms with Crippen LogP contribution in [0.4, 0.5) is 0 Å². The molecule has 1 aromatic carbocycles. The van der Waals surface area contributed by atoms with Gasteiger partial charge in [0.1, 0.15) is 12.4 Å². The zero-order chi connectivity index (χ0) is 11.8. The molecule has 2 rings (SSSR count). The molecular formula is C14H21NO2. The van der Waals surface area contributed by atoms with Crippen molar-refractivity contribution in [1.82, 2.24) is 5.32 Å². The van der Waals surface area contributed by atoms with Crippen LogP contribution >= 0.6 is 0 Å². The van der Waals surface area contributed by atoms with Crippen LogP contribution < -0.4 is 10.1 Å². The molecule has 1 fully saturated rings. The standard InChI is InChI=1S/C14H21NO2/c1-2-6-13(7-3-1)17-11-9-15-12-14-8-4-5-10-16-14/h1-3,6-7,14-15H,4-5,8-12H2. The van der Waals surface area contributed by atoms with E-state index in [1.54, 1.807) is 0 Å². The molecule has 0 spiro atoms. The third kappa shape index (κ3) is 4.75. The van der Waals surface area contributed by atoms with Crippen LogP contribution in [0.5, 0.6) is 5.75 Å². The van der Waals surface area contributed by atoms with Crippen LogP contribution in [0.1, 0.15) is 19.3 Å². The highest BCUT2D eigenvalue weighted by Crippen LogP contribution is 2.11. The lowest BCUT2D eigenvalue weighted by molar-refractivity contribution is 0.0167. The van der Waals surface area contributed by atoms with Gasteiger partial charge in [-0.3, -0.25) is 0 Å². The molecule has 0 bridgehead atoms. The smallest absolute Gasteiger partial charge is 0.119 e. The van der Waals surface area contributed by atoms with Crippen molar-refractivity contribution in [3.63, 3.8) is 0 Å². The predicted octanol–water partition coefficient (Wildman–Crippen LogP) is 2.22. The number of nitrogens with one attached hydrogen (secondary N) is 1. The van der Waals surface area contributed by atoms with E-state index in [0.29, 0.717) is 12.7 Å². The molecule has 0 amide bonds. The van der Waals surface area contributed by atoms with Crippen LogP contribution in [-0.2, 0) is 4.74 Å². The van der Waals surface area contributed by atoms with Crippen LogP contribution in [0.25, 0.3) is 0 Å². The third-order valence-corrected chi connectivity index (χ3v) is 2.94. The van der Waals surface area contributed by atoms with Crippen LogP contribution in [-0.4, -0.2) is 32.4 Å². The maximum atomic E-state index is 5.64. The lowest BCUT2D eigenvalue weighted by Gasteiger charge is -2.22. The summed E-state index contributed by atoms with van der Waals surface area (Å²) < 4.78 is 11.2. The number of ether oxygens (including phenoxy) is 2. The fourth-order valence-electron chi connectivity index (χ4n) is 1.99. The number of hydrogen-bond donors (Lipinski definition) is 1. The Morgan fingerprint density at radius 2 is 2.12 bits per heavy atom. The lowest BCUT2D eigenvalue weighted by atomic mass is 10.1. The first-order valence-corrected chi connectivity index (χ1v) is 6.45. The average molecular weight is 235 g/mol. The molecule has 1 saturated heterocycles. The molecule has 3 heteroatoms. The Morgan fingerprint density at radius 1 is 1.24 bits per heavy atom. The van der Waals surface area contributed by atoms with Gasteiger partial charge in [0, 0.05) is 19.7 Å². The summed E-state index contributed by atoms with van der Waals surface area (Å²) in [5.74, 6) is 0.934. The number of hydrogen-bond acceptors (Lipinski definition) is 3. The van der Waals surface area contributed by atoms with E-state index >= 15 is 0 Å². The molecule has 1 aromatic rings. The Kier molecular flexibility index (Phi) is 5.33. The van der Waals surface area contributed by atoms with Crippen molar-refractivity contribution in [2.75, 3.05) is 26.3 Å². The van der Waals surface area contributed by atoms with Gasteiger partial charge in [0.2, 0.25) is 0 Å². The largest absolute Gasteiger partial charge is 0.492 e. The van der Waals surface area contributed by atoms with Gasteiger partial charge in [-0.2, -0.15) is 0 Å². The molecule has 3 nitrogen and oxygen atoms in total. The molecule has 1 unspecified atom stereocenters. The summed E-state index contributed by atoms with van der Waals surface area (Å²) in [5, 5.41) is 3.38. The van der Waals surface area contributed by atoms with Crippen molar-refractivity contribution in [1.29, 1.82) is 0 Å². The van der Waals surface area contributed by atoms with E-state index in [0.717, 1.165) is 25.4 Å². The van der Waals surface area contributed by atoms with E-state index in [-0.39, 0.29) is 0 Å². The van der Waals surface area contributed by atoms with Crippen molar-refractivity contribution in [3.05, 3.63) is 30.3 Å². The van der Waals surface area contributed by atoms with Gasteiger partial charge >= 0.3 is 0 Å². The molecule has 0 aromatic heterocycles. The highest BCUT2D eigenvalue weighted by Gasteiger charge is 2.12. The Hall–Kier alpha value is -1.06. The van der Waals surface area contributed by atoms with E-state index in [1.165, 1.54) is 19.3 Å². The summed E-state index contributed by atoms with van der Waals surface area (Å²) in [6.45, 7) is 3.44. The van der Waals surface area contributed by atoms with Gasteiger partial charge in [0.05, 0.1) is 6.10 Å². The SMILES string of the molecule is c1ccc(OCCNCC2CCCCO2)cc1. The number of para-hydroxylation sites is 1. The predicted molar refractivity (Wildman–Crippen MR) is 68.4 cm³/mol. The first-order chi connectivity index (χ1) is 8.45. The van der Waals surface area contributed by atoms with E-state index < -0.39 is 0 Å². The molecular weight excluding hydrogens is 214 g/mol. The zero-order valence-electron chi connectivity index (χ0n) is 10.2. The van der Waals surface area contributed by atoms with Crippen LogP contribution in [0.15, 0.2) is 30.3 Å². The monoisotopic (exact) mass is 235 g/mol. The fraction of sp³-hybridized carbons (Fsp3) is 0.571. The Balaban J connectivity index is 1.51. The van der Waals surface area contributed by atoms with Gasteiger partial charge < -0.3 is 14.8 Å². The molecule has 1 heterocycles. The summed E-state index contributed by atoms with van der Waals surface area (Å²) in [7, 11) is 0. The zero-order valence-corrected chi connectivity index (χ0v) is 10.2. The van der Waals surface area contributed by atoms with Crippen molar-refractivity contribution in [3.8, 4) is 5.75 Å². The topological polar surface area (TPSA) is 30.5 Å². The van der Waals surface area contributed by atoms with E-state index in [2.05, 4.69) is 5.32 Å². The third-order valence-electron chi connectivity index (χ3n) is 2.94. The second kappa shape index (κ2) is 7.30. The van der Waals surface area contributed by atoms with Crippen LogP contribution in [0.3, 0.4) is 0 Å². The summed E-state index contributed by atoms with van der Waals surface area (Å²) in [5.41, 5.74) is 0. The molecule has 1 aliphatic heterocycles. The molecule has 0 saturated carbocycles. The summed E-state index contributed by atoms with van der Waals surface area (Å²) in [4.78, 5) is 0. The molecule has 1 atom stereocenters. The van der Waals surface area contributed by atoms with Crippen LogP contribution in [0.2, 0.25) is 0 Å². The number of benzene rings is 1. The van der Waals surface area contributed by atoms with Crippen molar-refractivity contribution < 1.29 is 9.47 Å². The maximum Gasteiger partial charge on any atom is 0.119 e. The van der Waals surface area contributed by atoms with Crippen LogP contribution in [0, 0.1) is 0 Å². The average Bonchev–Trinajstić information content (AvgIpc) is 2.41. The van der Waals surface area contributed by atoms with Gasteiger partial charge in [-0.15, -0.1) is 0 Å². The molecule has 1 aliphatic rings. The Morgan fingerprint density at radius 3 is 2.88 bits per heavy atom. The Bertz CT molecular complexity index is 296. The van der Waals surface area contributed by atoms with Gasteiger partial charge in [0.25, 0.3) is 0 Å². The quantitative estimate of drug-likeness (QED) is 0.767. The van der Waals surface area contributed by atoms with E-state index in [9.17, 15) is 0 Å². The van der Waals surface area contributed by atoms with Gasteiger partial charge in [0.15, 0.2) is 0 Å². The van der Waals surface area contributed by atoms with Gasteiger partial charge in [-0.1, -0.05) is 18.2 Å². The summed E-state index contributed by atoms with van der Waals surface area (Å²) >= 11 is 0. The minimum absolute atomic E-state index is 0.403. The number of rotatable bonds is 6. The Labute approximate surface area is 103 Å². The first kappa shape index (κ1) is 12.4. The van der Waals surface area contributed by atoms with Crippen molar-refractivity contribution >= 4 is 0 Å². The highest BCUT2D eigenvalue weighted by atomic mass is 16.5. The summed E-state index contributed by atoms with van der Waals surface area (Å²) in [6, 6.07) is 9.91. The van der Waals surface area contributed by atoms with E-state index in [4.69, 9.17) is 9.47 Å². The second-order valence-corrected chi connectivity index (χ2v) is 4.35. The molecule has 94 valence electrons. The molecule has 0 aliphatic carbocycles.